The van der Waals surface area contributed by atoms with Gasteiger partial charge in [0.15, 0.2) is 17.3 Å². The number of aromatic amines is 2. The largest absolute Gasteiger partial charge is 0.573 e. The Balaban J connectivity index is 1.59. The molecule has 0 spiro atoms. The zero-order chi connectivity index (χ0) is 27.2. The van der Waals surface area contributed by atoms with Crippen LogP contribution in [0, 0.1) is 0 Å². The molecule has 0 amide bonds. The third-order valence-corrected chi connectivity index (χ3v) is 6.67. The number of ketones is 1. The number of ether oxygens (including phenoxy) is 3. The van der Waals surface area contributed by atoms with Gasteiger partial charge >= 0.3 is 12.1 Å². The van der Waals surface area contributed by atoms with Crippen molar-refractivity contribution in [1.82, 2.24) is 9.97 Å². The molecule has 0 bridgehead atoms. The van der Waals surface area contributed by atoms with Crippen molar-refractivity contribution in [2.24, 2.45) is 0 Å². The molecule has 2 heterocycles. The highest BCUT2D eigenvalue weighted by Crippen LogP contribution is 2.47. The number of hydrogen-bond acceptors (Lipinski definition) is 7. The number of halogens is 3. The average Bonchev–Trinajstić information content (AvgIpc) is 2.86. The Bertz CT molecular complexity index is 1560. The molecule has 0 radical (unpaired) electrons. The summed E-state index contributed by atoms with van der Waals surface area (Å²) in [5.74, 6) is -0.669. The SMILES string of the molecule is COc1ccc([C@@H]2CC(=O)C3=C(C2)Nc2[nH]c(=O)[nH]c(=O)c2[C@H]3c2ccc(OC(F)(F)F)cc2)cc1OC. The van der Waals surface area contributed by atoms with Crippen molar-refractivity contribution >= 4 is 11.6 Å². The van der Waals surface area contributed by atoms with E-state index in [1.807, 2.05) is 6.07 Å². The minimum absolute atomic E-state index is 0.0887. The fourth-order valence-electron chi connectivity index (χ4n) is 5.09. The third-order valence-electron chi connectivity index (χ3n) is 6.67. The molecule has 3 N–H and O–H groups in total. The topological polar surface area (TPSA) is 123 Å². The number of Topliss-reactive ketones (excluding diaryl/α,β-unsaturated/α-hetero) is 1. The molecular weight excluding hydrogens is 507 g/mol. The molecule has 9 nitrogen and oxygen atoms in total. The van der Waals surface area contributed by atoms with Crippen molar-refractivity contribution in [2.45, 2.75) is 31.0 Å². The fourth-order valence-corrected chi connectivity index (χ4v) is 5.09. The Morgan fingerprint density at radius 2 is 1.55 bits per heavy atom. The van der Waals surface area contributed by atoms with Crippen LogP contribution in [-0.4, -0.2) is 36.3 Å². The first-order valence-electron chi connectivity index (χ1n) is 11.6. The van der Waals surface area contributed by atoms with Gasteiger partial charge in [0.2, 0.25) is 0 Å². The van der Waals surface area contributed by atoms with Crippen LogP contribution in [0.1, 0.15) is 41.4 Å². The van der Waals surface area contributed by atoms with Crippen LogP contribution in [-0.2, 0) is 4.79 Å². The predicted octanol–water partition coefficient (Wildman–Crippen LogP) is 3.94. The maximum Gasteiger partial charge on any atom is 0.573 e. The van der Waals surface area contributed by atoms with Crippen LogP contribution in [0.3, 0.4) is 0 Å². The summed E-state index contributed by atoms with van der Waals surface area (Å²) in [7, 11) is 3.03. The van der Waals surface area contributed by atoms with Gasteiger partial charge < -0.3 is 19.5 Å². The summed E-state index contributed by atoms with van der Waals surface area (Å²) in [5.41, 5.74) is 0.692. The minimum Gasteiger partial charge on any atom is -0.493 e. The van der Waals surface area contributed by atoms with E-state index < -0.39 is 29.3 Å². The Labute approximate surface area is 213 Å². The molecule has 38 heavy (non-hydrogen) atoms. The summed E-state index contributed by atoms with van der Waals surface area (Å²) in [6, 6.07) is 10.3. The molecule has 3 aromatic rings. The molecule has 12 heteroatoms. The summed E-state index contributed by atoms with van der Waals surface area (Å²) in [5, 5.41) is 3.06. The molecule has 0 saturated carbocycles. The van der Waals surface area contributed by atoms with Crippen LogP contribution >= 0.6 is 0 Å². The highest BCUT2D eigenvalue weighted by Gasteiger charge is 2.40. The summed E-state index contributed by atoms with van der Waals surface area (Å²) in [4.78, 5) is 43.3. The van der Waals surface area contributed by atoms with Crippen LogP contribution < -0.4 is 30.8 Å². The Kier molecular flexibility index (Phi) is 6.25. The summed E-state index contributed by atoms with van der Waals surface area (Å²) < 4.78 is 52.6. The number of methoxy groups -OCH3 is 2. The van der Waals surface area contributed by atoms with Crippen LogP contribution in [0.2, 0.25) is 0 Å². The number of allylic oxidation sites excluding steroid dienone is 2. The molecule has 2 aromatic carbocycles. The monoisotopic (exact) mass is 529 g/mol. The van der Waals surface area contributed by atoms with E-state index in [0.29, 0.717) is 34.8 Å². The fraction of sp³-hybridized carbons (Fsp3) is 0.269. The van der Waals surface area contributed by atoms with Crippen molar-refractivity contribution < 1.29 is 32.2 Å². The quantitative estimate of drug-likeness (QED) is 0.458. The second-order valence-corrected chi connectivity index (χ2v) is 8.91. The second-order valence-electron chi connectivity index (χ2n) is 8.91. The molecule has 1 aliphatic heterocycles. The van der Waals surface area contributed by atoms with Gasteiger partial charge in [-0.2, -0.15) is 0 Å². The average molecular weight is 529 g/mol. The summed E-state index contributed by atoms with van der Waals surface area (Å²) in [6.45, 7) is 0. The van der Waals surface area contributed by atoms with Gasteiger partial charge in [-0.05, 0) is 47.7 Å². The van der Waals surface area contributed by atoms with Crippen molar-refractivity contribution in [1.29, 1.82) is 0 Å². The van der Waals surface area contributed by atoms with Gasteiger partial charge in [-0.1, -0.05) is 18.2 Å². The molecular formula is C26H22F3N3O6. The number of nitrogens with one attached hydrogen (secondary N) is 3. The van der Waals surface area contributed by atoms with Crippen LogP contribution in [0.4, 0.5) is 19.0 Å². The van der Waals surface area contributed by atoms with Crippen LogP contribution in [0.25, 0.3) is 0 Å². The molecule has 0 fully saturated rings. The molecule has 0 unspecified atom stereocenters. The second kappa shape index (κ2) is 9.43. The first kappa shape index (κ1) is 25.2. The van der Waals surface area contributed by atoms with E-state index in [1.165, 1.54) is 26.4 Å². The van der Waals surface area contributed by atoms with Gasteiger partial charge in [0.05, 0.1) is 19.8 Å². The van der Waals surface area contributed by atoms with Crippen molar-refractivity contribution in [2.75, 3.05) is 19.5 Å². The summed E-state index contributed by atoms with van der Waals surface area (Å²) in [6.07, 6.45) is -4.37. The Morgan fingerprint density at radius 1 is 0.868 bits per heavy atom. The van der Waals surface area contributed by atoms with Crippen molar-refractivity contribution in [3.05, 3.63) is 91.3 Å². The first-order chi connectivity index (χ1) is 18.1. The number of anilines is 1. The Hall–Kier alpha value is -4.48. The number of alkyl halides is 3. The van der Waals surface area contributed by atoms with Gasteiger partial charge in [-0.25, -0.2) is 4.79 Å². The zero-order valence-electron chi connectivity index (χ0n) is 20.2. The number of fused-ring (bicyclic) bond motifs is 1. The Morgan fingerprint density at radius 3 is 2.21 bits per heavy atom. The number of benzene rings is 2. The molecule has 2 atom stereocenters. The van der Waals surface area contributed by atoms with E-state index in [-0.39, 0.29) is 29.5 Å². The van der Waals surface area contributed by atoms with E-state index >= 15 is 0 Å². The van der Waals surface area contributed by atoms with Gasteiger partial charge in [-0.3, -0.25) is 19.6 Å². The number of H-pyrrole nitrogens is 2. The third kappa shape index (κ3) is 4.64. The van der Waals surface area contributed by atoms with Crippen molar-refractivity contribution in [3.8, 4) is 17.2 Å². The maximum atomic E-state index is 13.6. The molecule has 0 saturated heterocycles. The molecule has 5 rings (SSSR count). The number of rotatable bonds is 5. The number of hydrogen-bond donors (Lipinski definition) is 3. The summed E-state index contributed by atoms with van der Waals surface area (Å²) >= 11 is 0. The van der Waals surface area contributed by atoms with Crippen molar-refractivity contribution in [3.63, 3.8) is 0 Å². The van der Waals surface area contributed by atoms with Gasteiger partial charge in [0.1, 0.15) is 11.6 Å². The first-order valence-corrected chi connectivity index (χ1v) is 11.6. The smallest absolute Gasteiger partial charge is 0.493 e. The lowest BCUT2D eigenvalue weighted by Crippen LogP contribution is -2.37. The lowest BCUT2D eigenvalue weighted by Gasteiger charge is -2.35. The van der Waals surface area contributed by atoms with E-state index in [9.17, 15) is 27.6 Å². The van der Waals surface area contributed by atoms with Crippen LogP contribution in [0.5, 0.6) is 17.2 Å². The number of carbonyl (C=O) groups excluding carboxylic acids is 1. The van der Waals surface area contributed by atoms with Gasteiger partial charge in [0.25, 0.3) is 5.56 Å². The molecule has 1 aromatic heterocycles. The minimum atomic E-state index is -4.87. The number of carbonyl (C=O) groups is 1. The van der Waals surface area contributed by atoms with E-state index in [2.05, 4.69) is 20.0 Å². The highest BCUT2D eigenvalue weighted by molar-refractivity contribution is 6.01. The van der Waals surface area contributed by atoms with Crippen LogP contribution in [0.15, 0.2) is 63.3 Å². The maximum absolute atomic E-state index is 13.6. The molecule has 2 aliphatic rings. The van der Waals surface area contributed by atoms with Gasteiger partial charge in [0, 0.05) is 23.6 Å². The zero-order valence-corrected chi connectivity index (χ0v) is 20.2. The standard InChI is InChI=1S/C26H22F3N3O6/c1-36-18-8-5-13(11-19(18)37-2)14-9-16-21(17(33)10-14)20(22-23(30-16)31-25(35)32-24(22)34)12-3-6-15(7-4-12)38-26(27,28)29/h3-8,11,14,20H,9-10H2,1-2H3,(H3,30,31,32,34,35)/t14-,20-/m0/s1. The number of aromatic nitrogens is 2. The highest BCUT2D eigenvalue weighted by atomic mass is 19.4. The lowest BCUT2D eigenvalue weighted by atomic mass is 9.72. The van der Waals surface area contributed by atoms with Gasteiger partial charge in [-0.15, -0.1) is 13.2 Å². The lowest BCUT2D eigenvalue weighted by molar-refractivity contribution is -0.274. The van der Waals surface area contributed by atoms with E-state index in [4.69, 9.17) is 9.47 Å². The molecule has 1 aliphatic carbocycles. The predicted molar refractivity (Wildman–Crippen MR) is 130 cm³/mol. The normalized spacial score (nSPS) is 18.8. The van der Waals surface area contributed by atoms with E-state index in [1.54, 1.807) is 12.1 Å². The molecule has 198 valence electrons. The van der Waals surface area contributed by atoms with E-state index in [0.717, 1.165) is 17.7 Å².